The normalized spacial score (nSPS) is 12.7. The Morgan fingerprint density at radius 3 is 2.60 bits per heavy atom. The van der Waals surface area contributed by atoms with Crippen molar-refractivity contribution < 1.29 is 4.79 Å². The van der Waals surface area contributed by atoms with Crippen molar-refractivity contribution >= 4 is 21.8 Å². The van der Waals surface area contributed by atoms with Gasteiger partial charge in [-0.3, -0.25) is 4.79 Å². The Kier molecular flexibility index (Phi) is 7.30. The quantitative estimate of drug-likeness (QED) is 0.787. The van der Waals surface area contributed by atoms with Gasteiger partial charge >= 0.3 is 0 Å². The van der Waals surface area contributed by atoms with Gasteiger partial charge in [-0.2, -0.15) is 0 Å². The fourth-order valence-corrected chi connectivity index (χ4v) is 2.80. The zero-order chi connectivity index (χ0) is 15.1. The topological polar surface area (TPSA) is 37.3 Å². The van der Waals surface area contributed by atoms with Crippen LogP contribution in [0.3, 0.4) is 0 Å². The van der Waals surface area contributed by atoms with Gasteiger partial charge in [0.1, 0.15) is 5.69 Å². The van der Waals surface area contributed by atoms with Gasteiger partial charge in [0, 0.05) is 23.8 Å². The highest BCUT2D eigenvalue weighted by Gasteiger charge is 2.13. The van der Waals surface area contributed by atoms with E-state index in [1.165, 1.54) is 0 Å². The zero-order valence-corrected chi connectivity index (χ0v) is 14.5. The third-order valence-corrected chi connectivity index (χ3v) is 4.02. The molecule has 0 bridgehead atoms. The van der Waals surface area contributed by atoms with Gasteiger partial charge in [-0.05, 0) is 61.4 Å². The number of halogens is 1. The number of carbonyl (C=O) groups is 1. The van der Waals surface area contributed by atoms with E-state index in [0.717, 1.165) is 36.9 Å². The Bertz CT molecular complexity index is 427. The maximum Gasteiger partial charge on any atom is 0.268 e. The van der Waals surface area contributed by atoms with E-state index in [4.69, 9.17) is 0 Å². The standard InChI is InChI=1S/C15H26BrN3O/c1-5-19(6-2)9-7-8-12(3)17-15(20)14-10-13(16)11-18(14)4/h10-12H,5-9H2,1-4H3,(H,17,20). The second-order valence-corrected chi connectivity index (χ2v) is 6.11. The smallest absolute Gasteiger partial charge is 0.268 e. The predicted molar refractivity (Wildman–Crippen MR) is 87.1 cm³/mol. The first kappa shape index (κ1) is 17.2. The summed E-state index contributed by atoms with van der Waals surface area (Å²) in [4.78, 5) is 14.5. The van der Waals surface area contributed by atoms with Crippen LogP contribution >= 0.6 is 15.9 Å². The maximum atomic E-state index is 12.1. The third kappa shape index (κ3) is 5.29. The highest BCUT2D eigenvalue weighted by Crippen LogP contribution is 2.13. The Morgan fingerprint density at radius 1 is 1.45 bits per heavy atom. The molecule has 1 rings (SSSR count). The number of nitrogens with zero attached hydrogens (tertiary/aromatic N) is 2. The molecule has 4 nitrogen and oxygen atoms in total. The third-order valence-electron chi connectivity index (χ3n) is 3.59. The van der Waals surface area contributed by atoms with Crippen LogP contribution in [0.4, 0.5) is 0 Å². The van der Waals surface area contributed by atoms with Crippen molar-refractivity contribution in [1.29, 1.82) is 0 Å². The van der Waals surface area contributed by atoms with Gasteiger partial charge in [0.15, 0.2) is 0 Å². The van der Waals surface area contributed by atoms with E-state index in [1.54, 1.807) is 0 Å². The molecule has 1 aromatic rings. The number of hydrogen-bond acceptors (Lipinski definition) is 2. The summed E-state index contributed by atoms with van der Waals surface area (Å²) in [5.74, 6) is -0.00598. The van der Waals surface area contributed by atoms with Crippen molar-refractivity contribution in [2.45, 2.75) is 39.7 Å². The first-order valence-electron chi connectivity index (χ1n) is 7.33. The lowest BCUT2D eigenvalue weighted by molar-refractivity contribution is 0.0929. The highest BCUT2D eigenvalue weighted by atomic mass is 79.9. The first-order valence-corrected chi connectivity index (χ1v) is 8.12. The van der Waals surface area contributed by atoms with Crippen molar-refractivity contribution in [2.24, 2.45) is 7.05 Å². The summed E-state index contributed by atoms with van der Waals surface area (Å²) in [6.07, 6.45) is 4.01. The lowest BCUT2D eigenvalue weighted by atomic mass is 10.1. The molecule has 5 heteroatoms. The largest absolute Gasteiger partial charge is 0.348 e. The van der Waals surface area contributed by atoms with Crippen LogP contribution in [0.1, 0.15) is 44.1 Å². The summed E-state index contributed by atoms with van der Waals surface area (Å²) >= 11 is 3.38. The van der Waals surface area contributed by atoms with Crippen LogP contribution in [0.5, 0.6) is 0 Å². The van der Waals surface area contributed by atoms with E-state index in [-0.39, 0.29) is 11.9 Å². The molecular formula is C15H26BrN3O. The van der Waals surface area contributed by atoms with E-state index < -0.39 is 0 Å². The summed E-state index contributed by atoms with van der Waals surface area (Å²) in [7, 11) is 1.88. The molecular weight excluding hydrogens is 318 g/mol. The average Bonchev–Trinajstić information content (AvgIpc) is 2.74. The highest BCUT2D eigenvalue weighted by molar-refractivity contribution is 9.10. The van der Waals surface area contributed by atoms with Crippen LogP contribution in [-0.4, -0.2) is 41.1 Å². The minimum Gasteiger partial charge on any atom is -0.348 e. The van der Waals surface area contributed by atoms with Crippen LogP contribution in [-0.2, 0) is 7.05 Å². The number of carbonyl (C=O) groups excluding carboxylic acids is 1. The number of aryl methyl sites for hydroxylation is 1. The van der Waals surface area contributed by atoms with Crippen LogP contribution in [0.25, 0.3) is 0 Å². The molecule has 1 atom stereocenters. The molecule has 0 spiro atoms. The Balaban J connectivity index is 2.37. The van der Waals surface area contributed by atoms with E-state index in [0.29, 0.717) is 5.69 Å². The molecule has 1 N–H and O–H groups in total. The summed E-state index contributed by atoms with van der Waals surface area (Å²) in [5, 5.41) is 3.06. The van der Waals surface area contributed by atoms with Gasteiger partial charge in [0.25, 0.3) is 5.91 Å². The van der Waals surface area contributed by atoms with Crippen molar-refractivity contribution in [3.8, 4) is 0 Å². The van der Waals surface area contributed by atoms with Crippen molar-refractivity contribution in [3.63, 3.8) is 0 Å². The van der Waals surface area contributed by atoms with Crippen molar-refractivity contribution in [1.82, 2.24) is 14.8 Å². The molecule has 1 aromatic heterocycles. The number of rotatable bonds is 8. The Labute approximate surface area is 130 Å². The fourth-order valence-electron chi connectivity index (χ4n) is 2.28. The molecule has 0 saturated heterocycles. The molecule has 0 saturated carbocycles. The molecule has 114 valence electrons. The van der Waals surface area contributed by atoms with E-state index in [1.807, 2.05) is 23.9 Å². The molecule has 1 amide bonds. The Hall–Kier alpha value is -0.810. The van der Waals surface area contributed by atoms with Crippen LogP contribution < -0.4 is 5.32 Å². The number of aromatic nitrogens is 1. The molecule has 0 aliphatic heterocycles. The second-order valence-electron chi connectivity index (χ2n) is 5.20. The van der Waals surface area contributed by atoms with Gasteiger partial charge in [-0.15, -0.1) is 0 Å². The molecule has 20 heavy (non-hydrogen) atoms. The molecule has 0 aliphatic carbocycles. The maximum absolute atomic E-state index is 12.1. The van der Waals surface area contributed by atoms with Crippen LogP contribution in [0.2, 0.25) is 0 Å². The summed E-state index contributed by atoms with van der Waals surface area (Å²) < 4.78 is 2.77. The molecule has 0 radical (unpaired) electrons. The number of amides is 1. The van der Waals surface area contributed by atoms with E-state index in [2.05, 4.69) is 46.9 Å². The lowest BCUT2D eigenvalue weighted by Gasteiger charge is -2.19. The SMILES string of the molecule is CCN(CC)CCCC(C)NC(=O)c1cc(Br)cn1C. The van der Waals surface area contributed by atoms with Crippen molar-refractivity contribution in [2.75, 3.05) is 19.6 Å². The minimum atomic E-state index is -0.00598. The molecule has 0 aromatic carbocycles. The Morgan fingerprint density at radius 2 is 2.10 bits per heavy atom. The van der Waals surface area contributed by atoms with Gasteiger partial charge in [-0.25, -0.2) is 0 Å². The van der Waals surface area contributed by atoms with Gasteiger partial charge in [0.2, 0.25) is 0 Å². The molecule has 0 fully saturated rings. The van der Waals surface area contributed by atoms with Gasteiger partial charge < -0.3 is 14.8 Å². The fraction of sp³-hybridized carbons (Fsp3) is 0.667. The summed E-state index contributed by atoms with van der Waals surface area (Å²) in [6, 6.07) is 2.05. The molecule has 1 heterocycles. The minimum absolute atomic E-state index is 0.00598. The average molecular weight is 344 g/mol. The van der Waals surface area contributed by atoms with E-state index >= 15 is 0 Å². The predicted octanol–water partition coefficient (Wildman–Crippen LogP) is 3.03. The number of nitrogens with one attached hydrogen (secondary N) is 1. The van der Waals surface area contributed by atoms with Crippen molar-refractivity contribution in [3.05, 3.63) is 22.4 Å². The van der Waals surface area contributed by atoms with Gasteiger partial charge in [-0.1, -0.05) is 13.8 Å². The molecule has 1 unspecified atom stereocenters. The molecule has 0 aliphatic rings. The first-order chi connectivity index (χ1) is 9.47. The lowest BCUT2D eigenvalue weighted by Crippen LogP contribution is -2.34. The van der Waals surface area contributed by atoms with Gasteiger partial charge in [0.05, 0.1) is 0 Å². The summed E-state index contributed by atoms with van der Waals surface area (Å²) in [5.41, 5.74) is 0.687. The van der Waals surface area contributed by atoms with Crippen LogP contribution in [0.15, 0.2) is 16.7 Å². The number of hydrogen-bond donors (Lipinski definition) is 1. The monoisotopic (exact) mass is 343 g/mol. The summed E-state index contributed by atoms with van der Waals surface area (Å²) in [6.45, 7) is 9.72. The zero-order valence-electron chi connectivity index (χ0n) is 12.9. The van der Waals surface area contributed by atoms with E-state index in [9.17, 15) is 4.79 Å². The second kappa shape index (κ2) is 8.47. The van der Waals surface area contributed by atoms with Crippen LogP contribution in [0, 0.1) is 0 Å².